The Bertz CT molecular complexity index is 444. The van der Waals surface area contributed by atoms with E-state index in [1.165, 1.54) is 18.2 Å². The molecular formula is C11H13ClN2O4. The van der Waals surface area contributed by atoms with Crippen LogP contribution in [0.2, 0.25) is 5.02 Å². The maximum atomic E-state index is 11.7. The highest BCUT2D eigenvalue weighted by atomic mass is 35.5. The van der Waals surface area contributed by atoms with E-state index in [2.05, 4.69) is 10.1 Å². The molecular weight excluding hydrogens is 260 g/mol. The number of rotatable bonds is 4. The summed E-state index contributed by atoms with van der Waals surface area (Å²) in [6.07, 6.45) is -1.41. The molecule has 0 aliphatic carbocycles. The molecule has 0 heterocycles. The first-order valence-electron chi connectivity index (χ1n) is 5.04. The van der Waals surface area contributed by atoms with Gasteiger partial charge in [-0.25, -0.2) is 4.79 Å². The number of hydrogen-bond donors (Lipinski definition) is 3. The molecule has 7 heteroatoms. The molecule has 1 aromatic rings. The van der Waals surface area contributed by atoms with E-state index in [0.717, 1.165) is 7.11 Å². The maximum Gasteiger partial charge on any atom is 0.336 e. The fourth-order valence-corrected chi connectivity index (χ4v) is 1.50. The van der Waals surface area contributed by atoms with Crippen LogP contribution in [-0.4, -0.2) is 36.7 Å². The molecule has 1 amide bonds. The van der Waals surface area contributed by atoms with Crippen molar-refractivity contribution in [2.45, 2.75) is 6.10 Å². The van der Waals surface area contributed by atoms with Crippen LogP contribution in [0.3, 0.4) is 0 Å². The number of benzene rings is 1. The number of anilines is 1. The molecule has 0 spiro atoms. The summed E-state index contributed by atoms with van der Waals surface area (Å²) in [5, 5.41) is 12.0. The van der Waals surface area contributed by atoms with Gasteiger partial charge in [0.1, 0.15) is 0 Å². The molecule has 1 aromatic carbocycles. The average molecular weight is 273 g/mol. The first-order valence-corrected chi connectivity index (χ1v) is 5.42. The van der Waals surface area contributed by atoms with E-state index in [1.807, 2.05) is 0 Å². The molecule has 98 valence electrons. The molecule has 6 nitrogen and oxygen atoms in total. The van der Waals surface area contributed by atoms with Crippen molar-refractivity contribution in [2.24, 2.45) is 0 Å². The van der Waals surface area contributed by atoms with Crippen molar-refractivity contribution in [2.75, 3.05) is 19.4 Å². The number of aliphatic hydroxyl groups is 1. The van der Waals surface area contributed by atoms with Crippen molar-refractivity contribution < 1.29 is 19.4 Å². The molecule has 0 aromatic heterocycles. The molecule has 1 unspecified atom stereocenters. The molecule has 0 fully saturated rings. The molecule has 0 aliphatic rings. The summed E-state index contributed by atoms with van der Waals surface area (Å²) >= 11 is 5.75. The second kappa shape index (κ2) is 6.23. The summed E-state index contributed by atoms with van der Waals surface area (Å²) in [7, 11) is 1.14. The van der Waals surface area contributed by atoms with Crippen molar-refractivity contribution in [3.8, 4) is 0 Å². The van der Waals surface area contributed by atoms with Gasteiger partial charge in [-0.1, -0.05) is 11.6 Å². The van der Waals surface area contributed by atoms with Crippen LogP contribution < -0.4 is 11.1 Å². The van der Waals surface area contributed by atoms with Crippen molar-refractivity contribution in [3.63, 3.8) is 0 Å². The second-order valence-corrected chi connectivity index (χ2v) is 3.96. The first-order chi connectivity index (χ1) is 8.43. The minimum Gasteiger partial charge on any atom is -0.467 e. The maximum absolute atomic E-state index is 11.7. The lowest BCUT2D eigenvalue weighted by Gasteiger charge is -2.10. The van der Waals surface area contributed by atoms with Crippen LogP contribution in [0.5, 0.6) is 0 Å². The molecule has 1 rings (SSSR count). The van der Waals surface area contributed by atoms with Crippen LogP contribution in [0.15, 0.2) is 18.2 Å². The highest BCUT2D eigenvalue weighted by Crippen LogP contribution is 2.16. The van der Waals surface area contributed by atoms with Gasteiger partial charge >= 0.3 is 5.97 Å². The number of halogens is 1. The Kier molecular flexibility index (Phi) is 4.94. The van der Waals surface area contributed by atoms with E-state index in [9.17, 15) is 14.7 Å². The molecule has 4 N–H and O–H groups in total. The fourth-order valence-electron chi connectivity index (χ4n) is 1.25. The Morgan fingerprint density at radius 3 is 2.72 bits per heavy atom. The normalized spacial score (nSPS) is 11.7. The third kappa shape index (κ3) is 3.90. The van der Waals surface area contributed by atoms with Crippen LogP contribution in [0, 0.1) is 0 Å². The van der Waals surface area contributed by atoms with Crippen LogP contribution >= 0.6 is 11.6 Å². The van der Waals surface area contributed by atoms with Crippen LogP contribution in [-0.2, 0) is 9.53 Å². The molecule has 0 aliphatic heterocycles. The lowest BCUT2D eigenvalue weighted by Crippen LogP contribution is -2.37. The average Bonchev–Trinajstić information content (AvgIpc) is 2.33. The van der Waals surface area contributed by atoms with Gasteiger partial charge in [-0.15, -0.1) is 0 Å². The number of esters is 1. The van der Waals surface area contributed by atoms with Crippen molar-refractivity contribution in [1.29, 1.82) is 0 Å². The van der Waals surface area contributed by atoms with Gasteiger partial charge in [0.2, 0.25) is 0 Å². The Hall–Kier alpha value is -1.79. The highest BCUT2D eigenvalue weighted by molar-refractivity contribution is 6.31. The summed E-state index contributed by atoms with van der Waals surface area (Å²) in [4.78, 5) is 22.6. The lowest BCUT2D eigenvalue weighted by molar-refractivity contribution is -0.149. The van der Waals surface area contributed by atoms with Gasteiger partial charge in [0.15, 0.2) is 6.10 Å². The highest BCUT2D eigenvalue weighted by Gasteiger charge is 2.16. The molecule has 0 saturated heterocycles. The number of carbonyl (C=O) groups excluding carboxylic acids is 2. The largest absolute Gasteiger partial charge is 0.467 e. The molecule has 0 radical (unpaired) electrons. The van der Waals surface area contributed by atoms with Crippen molar-refractivity contribution in [3.05, 3.63) is 28.8 Å². The zero-order valence-electron chi connectivity index (χ0n) is 9.64. The number of hydrogen-bond acceptors (Lipinski definition) is 5. The lowest BCUT2D eigenvalue weighted by atomic mass is 10.2. The number of amides is 1. The smallest absolute Gasteiger partial charge is 0.336 e. The first kappa shape index (κ1) is 14.3. The van der Waals surface area contributed by atoms with E-state index in [4.69, 9.17) is 17.3 Å². The topological polar surface area (TPSA) is 102 Å². The Morgan fingerprint density at radius 1 is 1.50 bits per heavy atom. The van der Waals surface area contributed by atoms with E-state index in [0.29, 0.717) is 10.7 Å². The standard InChI is InChI=1S/C11H13ClN2O4/c1-18-11(17)9(15)5-14-10(16)6-2-7(12)4-8(13)3-6/h2-4,9,15H,5,13H2,1H3,(H,14,16). The third-order valence-corrected chi connectivity index (χ3v) is 2.33. The minimum atomic E-state index is -1.41. The summed E-state index contributed by atoms with van der Waals surface area (Å²) in [6, 6.07) is 4.37. The van der Waals surface area contributed by atoms with E-state index < -0.39 is 18.0 Å². The number of aliphatic hydroxyl groups excluding tert-OH is 1. The van der Waals surface area contributed by atoms with Crippen LogP contribution in [0.4, 0.5) is 5.69 Å². The van der Waals surface area contributed by atoms with Crippen molar-refractivity contribution >= 4 is 29.2 Å². The Labute approximate surface area is 109 Å². The van der Waals surface area contributed by atoms with Gasteiger partial charge in [0, 0.05) is 16.3 Å². The van der Waals surface area contributed by atoms with Gasteiger partial charge in [-0.05, 0) is 18.2 Å². The van der Waals surface area contributed by atoms with Gasteiger partial charge in [-0.3, -0.25) is 4.79 Å². The zero-order valence-corrected chi connectivity index (χ0v) is 10.4. The number of nitrogens with one attached hydrogen (secondary N) is 1. The molecule has 18 heavy (non-hydrogen) atoms. The van der Waals surface area contributed by atoms with Gasteiger partial charge in [0.05, 0.1) is 13.7 Å². The third-order valence-electron chi connectivity index (χ3n) is 2.11. The summed E-state index contributed by atoms with van der Waals surface area (Å²) in [6.45, 7) is -0.252. The van der Waals surface area contributed by atoms with E-state index in [-0.39, 0.29) is 12.1 Å². The second-order valence-electron chi connectivity index (χ2n) is 3.52. The predicted octanol–water partition coefficient (Wildman–Crippen LogP) is 0.186. The minimum absolute atomic E-state index is 0.247. The Morgan fingerprint density at radius 2 is 2.17 bits per heavy atom. The summed E-state index contributed by atoms with van der Waals surface area (Å²) in [5.41, 5.74) is 6.13. The van der Waals surface area contributed by atoms with Gasteiger partial charge in [-0.2, -0.15) is 0 Å². The molecule has 0 saturated carbocycles. The zero-order chi connectivity index (χ0) is 13.7. The van der Waals surface area contributed by atoms with Crippen LogP contribution in [0.25, 0.3) is 0 Å². The van der Waals surface area contributed by atoms with E-state index >= 15 is 0 Å². The summed E-state index contributed by atoms with van der Waals surface area (Å²) < 4.78 is 4.31. The number of carbonyl (C=O) groups is 2. The number of nitrogens with two attached hydrogens (primary N) is 1. The monoisotopic (exact) mass is 272 g/mol. The van der Waals surface area contributed by atoms with Crippen molar-refractivity contribution in [1.82, 2.24) is 5.32 Å². The van der Waals surface area contributed by atoms with E-state index in [1.54, 1.807) is 0 Å². The fraction of sp³-hybridized carbons (Fsp3) is 0.273. The van der Waals surface area contributed by atoms with Crippen LogP contribution in [0.1, 0.15) is 10.4 Å². The Balaban J connectivity index is 2.63. The summed E-state index contributed by atoms with van der Waals surface area (Å²) in [5.74, 6) is -1.31. The predicted molar refractivity (Wildman–Crippen MR) is 66.2 cm³/mol. The van der Waals surface area contributed by atoms with Gasteiger partial charge < -0.3 is 20.9 Å². The number of ether oxygens (including phenoxy) is 1. The molecule has 1 atom stereocenters. The van der Waals surface area contributed by atoms with Gasteiger partial charge in [0.25, 0.3) is 5.91 Å². The number of nitrogen functional groups attached to an aromatic ring is 1. The quantitative estimate of drug-likeness (QED) is 0.536. The molecule has 0 bridgehead atoms. The SMILES string of the molecule is COC(=O)C(O)CNC(=O)c1cc(N)cc(Cl)c1. The number of methoxy groups -OCH3 is 1.